The summed E-state index contributed by atoms with van der Waals surface area (Å²) in [6.45, 7) is 7.13. The number of rotatable bonds is 6. The summed E-state index contributed by atoms with van der Waals surface area (Å²) < 4.78 is 26.7. The van der Waals surface area contributed by atoms with Gasteiger partial charge in [0.25, 0.3) is 0 Å². The fourth-order valence-electron chi connectivity index (χ4n) is 2.78. The molecule has 2 N–H and O–H groups in total. The number of aryl methyl sites for hydroxylation is 2. The largest absolute Gasteiger partial charge is 0.326 e. The van der Waals surface area contributed by atoms with Crippen molar-refractivity contribution >= 4 is 23.2 Å². The third kappa shape index (κ3) is 6.16. The Labute approximate surface area is 158 Å². The van der Waals surface area contributed by atoms with Crippen LogP contribution in [0.25, 0.3) is 0 Å². The van der Waals surface area contributed by atoms with Crippen LogP contribution < -0.4 is 10.6 Å². The highest BCUT2D eigenvalue weighted by Crippen LogP contribution is 2.27. The molecule has 0 fully saturated rings. The van der Waals surface area contributed by atoms with Crippen LogP contribution in [0.1, 0.15) is 37.8 Å². The monoisotopic (exact) mass is 374 g/mol. The van der Waals surface area contributed by atoms with Gasteiger partial charge in [-0.3, -0.25) is 9.59 Å². The van der Waals surface area contributed by atoms with Gasteiger partial charge in [0, 0.05) is 24.2 Å². The van der Waals surface area contributed by atoms with E-state index < -0.39 is 17.0 Å². The van der Waals surface area contributed by atoms with Gasteiger partial charge in [-0.05, 0) is 54.7 Å². The van der Waals surface area contributed by atoms with Gasteiger partial charge in [-0.25, -0.2) is 8.78 Å². The van der Waals surface area contributed by atoms with Gasteiger partial charge in [-0.15, -0.1) is 0 Å². The maximum Gasteiger partial charge on any atom is 0.224 e. The van der Waals surface area contributed by atoms with Crippen molar-refractivity contribution in [1.29, 1.82) is 0 Å². The summed E-state index contributed by atoms with van der Waals surface area (Å²) >= 11 is 0. The van der Waals surface area contributed by atoms with E-state index in [1.165, 1.54) is 24.3 Å². The smallest absolute Gasteiger partial charge is 0.224 e. The number of benzene rings is 2. The molecular weight excluding hydrogens is 350 g/mol. The first-order valence-corrected chi connectivity index (χ1v) is 8.68. The van der Waals surface area contributed by atoms with Crippen molar-refractivity contribution in [3.63, 3.8) is 0 Å². The van der Waals surface area contributed by atoms with E-state index >= 15 is 0 Å². The van der Waals surface area contributed by atoms with Crippen LogP contribution in [0, 0.1) is 30.9 Å². The molecule has 0 saturated carbocycles. The molecule has 2 aromatic rings. The summed E-state index contributed by atoms with van der Waals surface area (Å²) in [4.78, 5) is 24.6. The third-order valence-electron chi connectivity index (χ3n) is 4.23. The van der Waals surface area contributed by atoms with Gasteiger partial charge >= 0.3 is 0 Å². The molecule has 0 bridgehead atoms. The molecule has 6 heteroatoms. The van der Waals surface area contributed by atoms with Gasteiger partial charge in [0.2, 0.25) is 11.8 Å². The fourth-order valence-corrected chi connectivity index (χ4v) is 2.78. The molecule has 0 radical (unpaired) electrons. The topological polar surface area (TPSA) is 58.2 Å². The van der Waals surface area contributed by atoms with Gasteiger partial charge < -0.3 is 10.6 Å². The Morgan fingerprint density at radius 2 is 1.19 bits per heavy atom. The van der Waals surface area contributed by atoms with Crippen molar-refractivity contribution in [3.05, 3.63) is 59.2 Å². The second kappa shape index (κ2) is 8.29. The van der Waals surface area contributed by atoms with E-state index in [1.807, 2.05) is 0 Å². The fraction of sp³-hybridized carbons (Fsp3) is 0.333. The second-order valence-electron chi connectivity index (χ2n) is 7.53. The normalized spacial score (nSPS) is 11.2. The number of carbonyl (C=O) groups excluding carboxylic acids is 2. The van der Waals surface area contributed by atoms with Crippen molar-refractivity contribution in [3.8, 4) is 0 Å². The average Bonchev–Trinajstić information content (AvgIpc) is 2.53. The maximum atomic E-state index is 13.3. The SMILES string of the molecule is Cc1ccc(F)cc1NC(=O)CC(C)(C)CC(=O)Nc1cc(F)ccc1C. The first kappa shape index (κ1) is 20.6. The lowest BCUT2D eigenvalue weighted by molar-refractivity contribution is -0.120. The molecule has 0 saturated heterocycles. The zero-order valence-electron chi connectivity index (χ0n) is 16.0. The van der Waals surface area contributed by atoms with Gasteiger partial charge in [-0.2, -0.15) is 0 Å². The van der Waals surface area contributed by atoms with Crippen LogP contribution in [-0.4, -0.2) is 11.8 Å². The molecule has 2 amide bonds. The molecule has 0 aliphatic heterocycles. The number of hydrogen-bond acceptors (Lipinski definition) is 2. The number of amides is 2. The minimum absolute atomic E-state index is 0.0819. The molecule has 0 aromatic heterocycles. The lowest BCUT2D eigenvalue weighted by atomic mass is 9.85. The predicted molar refractivity (Wildman–Crippen MR) is 103 cm³/mol. The summed E-state index contributed by atoms with van der Waals surface area (Å²) in [6, 6.07) is 8.36. The molecule has 0 aliphatic rings. The predicted octanol–water partition coefficient (Wildman–Crippen LogP) is 4.97. The molecule has 0 unspecified atom stereocenters. The van der Waals surface area contributed by atoms with Crippen LogP contribution in [0.3, 0.4) is 0 Å². The average molecular weight is 374 g/mol. The molecule has 144 valence electrons. The molecule has 0 heterocycles. The Balaban J connectivity index is 1.97. The first-order valence-electron chi connectivity index (χ1n) is 8.68. The van der Waals surface area contributed by atoms with E-state index in [2.05, 4.69) is 10.6 Å². The zero-order chi connectivity index (χ0) is 20.2. The molecule has 0 aliphatic carbocycles. The lowest BCUT2D eigenvalue weighted by Crippen LogP contribution is -2.27. The minimum Gasteiger partial charge on any atom is -0.326 e. The molecule has 27 heavy (non-hydrogen) atoms. The van der Waals surface area contributed by atoms with Crippen LogP contribution in [0.15, 0.2) is 36.4 Å². The minimum atomic E-state index is -0.628. The van der Waals surface area contributed by atoms with E-state index in [1.54, 1.807) is 39.8 Å². The molecular formula is C21H24F2N2O2. The lowest BCUT2D eigenvalue weighted by Gasteiger charge is -2.23. The van der Waals surface area contributed by atoms with Crippen LogP contribution in [0.5, 0.6) is 0 Å². The quantitative estimate of drug-likeness (QED) is 0.750. The summed E-state index contributed by atoms with van der Waals surface area (Å²) in [7, 11) is 0. The second-order valence-corrected chi connectivity index (χ2v) is 7.53. The Morgan fingerprint density at radius 1 is 0.815 bits per heavy atom. The highest BCUT2D eigenvalue weighted by atomic mass is 19.1. The van der Waals surface area contributed by atoms with Crippen LogP contribution in [0.4, 0.5) is 20.2 Å². The standard InChI is InChI=1S/C21H24F2N2O2/c1-13-5-7-15(22)9-17(13)24-19(26)11-21(3,4)12-20(27)25-18-10-16(23)8-6-14(18)2/h5-10H,11-12H2,1-4H3,(H,24,26)(H,25,27). The van der Waals surface area contributed by atoms with Gasteiger partial charge in [0.05, 0.1) is 0 Å². The van der Waals surface area contributed by atoms with E-state index in [0.717, 1.165) is 11.1 Å². The number of halogens is 2. The number of hydrogen-bond donors (Lipinski definition) is 2. The van der Waals surface area contributed by atoms with Crippen LogP contribution in [0.2, 0.25) is 0 Å². The summed E-state index contributed by atoms with van der Waals surface area (Å²) in [5.41, 5.74) is 1.70. The summed E-state index contributed by atoms with van der Waals surface area (Å²) in [6.07, 6.45) is 0.164. The zero-order valence-corrected chi connectivity index (χ0v) is 16.0. The highest BCUT2D eigenvalue weighted by molar-refractivity contribution is 5.94. The van der Waals surface area contributed by atoms with E-state index in [-0.39, 0.29) is 24.7 Å². The molecule has 0 spiro atoms. The van der Waals surface area contributed by atoms with Crippen molar-refractivity contribution < 1.29 is 18.4 Å². The van der Waals surface area contributed by atoms with E-state index in [4.69, 9.17) is 0 Å². The highest BCUT2D eigenvalue weighted by Gasteiger charge is 2.26. The van der Waals surface area contributed by atoms with E-state index in [0.29, 0.717) is 11.4 Å². The Morgan fingerprint density at radius 3 is 1.56 bits per heavy atom. The van der Waals surface area contributed by atoms with Crippen molar-refractivity contribution in [2.75, 3.05) is 10.6 Å². The van der Waals surface area contributed by atoms with Crippen LogP contribution in [-0.2, 0) is 9.59 Å². The first-order chi connectivity index (χ1) is 12.6. The summed E-state index contributed by atoms with van der Waals surface area (Å²) in [5.74, 6) is -1.47. The summed E-state index contributed by atoms with van der Waals surface area (Å²) in [5, 5.41) is 5.37. The molecule has 2 aromatic carbocycles. The molecule has 0 atom stereocenters. The van der Waals surface area contributed by atoms with Crippen molar-refractivity contribution in [2.24, 2.45) is 5.41 Å². The number of anilines is 2. The maximum absolute atomic E-state index is 13.3. The Bertz CT molecular complexity index is 794. The van der Waals surface area contributed by atoms with Gasteiger partial charge in [-0.1, -0.05) is 26.0 Å². The number of carbonyl (C=O) groups is 2. The Kier molecular flexibility index (Phi) is 6.31. The van der Waals surface area contributed by atoms with E-state index in [9.17, 15) is 18.4 Å². The Hall–Kier alpha value is -2.76. The third-order valence-corrected chi connectivity index (χ3v) is 4.23. The molecule has 2 rings (SSSR count). The van der Waals surface area contributed by atoms with Crippen molar-refractivity contribution in [1.82, 2.24) is 0 Å². The number of nitrogens with one attached hydrogen (secondary N) is 2. The van der Waals surface area contributed by atoms with Gasteiger partial charge in [0.1, 0.15) is 11.6 Å². The van der Waals surface area contributed by atoms with Crippen molar-refractivity contribution in [2.45, 2.75) is 40.5 Å². The molecule has 4 nitrogen and oxygen atoms in total. The van der Waals surface area contributed by atoms with Gasteiger partial charge in [0.15, 0.2) is 0 Å². The van der Waals surface area contributed by atoms with Crippen LogP contribution >= 0.6 is 0 Å².